The third-order valence-electron chi connectivity index (χ3n) is 3.45. The molecule has 0 aliphatic rings. The molecule has 2 aromatic heterocycles. The predicted octanol–water partition coefficient (Wildman–Crippen LogP) is 3.19. The molecule has 4 nitrogen and oxygen atoms in total. The first-order chi connectivity index (χ1) is 9.65. The minimum atomic E-state index is 0.431. The summed E-state index contributed by atoms with van der Waals surface area (Å²) < 4.78 is 1.94. The van der Waals surface area contributed by atoms with E-state index in [2.05, 4.69) is 36.1 Å². The van der Waals surface area contributed by atoms with Gasteiger partial charge < -0.3 is 5.73 Å². The van der Waals surface area contributed by atoms with Gasteiger partial charge in [-0.25, -0.2) is 0 Å². The van der Waals surface area contributed by atoms with E-state index in [0.717, 1.165) is 28.0 Å². The van der Waals surface area contributed by atoms with Gasteiger partial charge in [0.15, 0.2) is 0 Å². The number of nitrogens with two attached hydrogens (primary N) is 1. The number of rotatable bonds is 3. The zero-order valence-corrected chi connectivity index (χ0v) is 11.7. The Balaban J connectivity index is 1.97. The second kappa shape index (κ2) is 4.96. The number of anilines is 1. The van der Waals surface area contributed by atoms with E-state index in [0.29, 0.717) is 12.5 Å². The highest BCUT2D eigenvalue weighted by atomic mass is 15.3. The zero-order chi connectivity index (χ0) is 14.1. The molecule has 1 aromatic carbocycles. The van der Waals surface area contributed by atoms with Crippen molar-refractivity contribution in [3.8, 4) is 0 Å². The summed E-state index contributed by atoms with van der Waals surface area (Å²) >= 11 is 0. The maximum atomic E-state index is 5.96. The van der Waals surface area contributed by atoms with Gasteiger partial charge in [0.25, 0.3) is 0 Å². The smallest absolute Gasteiger partial charge is 0.0838 e. The molecular weight excluding hydrogens is 248 g/mol. The van der Waals surface area contributed by atoms with Gasteiger partial charge in [-0.05, 0) is 30.2 Å². The number of nitrogens with zero attached hydrogens (tertiary/aromatic N) is 3. The first-order valence-electron chi connectivity index (χ1n) is 6.81. The van der Waals surface area contributed by atoms with Crippen LogP contribution in [-0.2, 0) is 6.54 Å². The number of hydrogen-bond acceptors (Lipinski definition) is 3. The van der Waals surface area contributed by atoms with E-state index in [4.69, 9.17) is 5.73 Å². The quantitative estimate of drug-likeness (QED) is 0.741. The van der Waals surface area contributed by atoms with Crippen LogP contribution in [0.4, 0.5) is 5.69 Å². The molecule has 2 N–H and O–H groups in total. The molecule has 0 amide bonds. The Morgan fingerprint density at radius 3 is 2.75 bits per heavy atom. The van der Waals surface area contributed by atoms with Gasteiger partial charge in [0, 0.05) is 16.8 Å². The monoisotopic (exact) mass is 266 g/mol. The van der Waals surface area contributed by atoms with Crippen molar-refractivity contribution in [2.24, 2.45) is 0 Å². The molecule has 2 heterocycles. The molecular formula is C16H18N4. The zero-order valence-electron chi connectivity index (χ0n) is 11.7. The molecule has 0 atom stereocenters. The summed E-state index contributed by atoms with van der Waals surface area (Å²) in [6.45, 7) is 4.96. The summed E-state index contributed by atoms with van der Waals surface area (Å²) in [6.07, 6.45) is 1.82. The van der Waals surface area contributed by atoms with Crippen LogP contribution in [-0.4, -0.2) is 14.8 Å². The van der Waals surface area contributed by atoms with Crippen LogP contribution in [0.1, 0.15) is 31.2 Å². The maximum Gasteiger partial charge on any atom is 0.0838 e. The Morgan fingerprint density at radius 1 is 1.15 bits per heavy atom. The van der Waals surface area contributed by atoms with Crippen LogP contribution < -0.4 is 5.73 Å². The SMILES string of the molecule is CC(C)c1cccc(Cn2ncc3c(N)cccc32)n1. The van der Waals surface area contributed by atoms with Gasteiger partial charge in [0.2, 0.25) is 0 Å². The minimum Gasteiger partial charge on any atom is -0.398 e. The standard InChI is InChI=1S/C16H18N4/c1-11(2)15-7-3-5-12(19-15)10-20-16-8-4-6-14(17)13(16)9-18-20/h3-9,11H,10,17H2,1-2H3. The molecule has 0 saturated heterocycles. The van der Waals surface area contributed by atoms with Crippen molar-refractivity contribution in [3.05, 3.63) is 54.0 Å². The van der Waals surface area contributed by atoms with E-state index in [1.54, 1.807) is 0 Å². The van der Waals surface area contributed by atoms with Gasteiger partial charge in [-0.15, -0.1) is 0 Å². The third kappa shape index (κ3) is 2.25. The first kappa shape index (κ1) is 12.7. The lowest BCUT2D eigenvalue weighted by Gasteiger charge is -2.08. The van der Waals surface area contributed by atoms with Gasteiger partial charge in [-0.2, -0.15) is 5.10 Å². The van der Waals surface area contributed by atoms with Crippen molar-refractivity contribution < 1.29 is 0 Å². The number of nitrogen functional groups attached to an aromatic ring is 1. The Morgan fingerprint density at radius 2 is 1.95 bits per heavy atom. The molecule has 102 valence electrons. The van der Waals surface area contributed by atoms with E-state index in [-0.39, 0.29) is 0 Å². The van der Waals surface area contributed by atoms with Crippen LogP contribution in [0.3, 0.4) is 0 Å². The van der Waals surface area contributed by atoms with Crippen molar-refractivity contribution in [3.63, 3.8) is 0 Å². The molecule has 0 unspecified atom stereocenters. The molecule has 0 saturated carbocycles. The van der Waals surface area contributed by atoms with Crippen molar-refractivity contribution in [1.82, 2.24) is 14.8 Å². The fraction of sp³-hybridized carbons (Fsp3) is 0.250. The Bertz CT molecular complexity index is 743. The van der Waals surface area contributed by atoms with Gasteiger partial charge in [0.05, 0.1) is 24.0 Å². The largest absolute Gasteiger partial charge is 0.398 e. The molecule has 0 spiro atoms. The summed E-state index contributed by atoms with van der Waals surface area (Å²) in [5.41, 5.74) is 9.89. The molecule has 3 rings (SSSR count). The van der Waals surface area contributed by atoms with Gasteiger partial charge in [0.1, 0.15) is 0 Å². The van der Waals surface area contributed by atoms with Gasteiger partial charge in [-0.3, -0.25) is 9.67 Å². The average molecular weight is 266 g/mol. The highest BCUT2D eigenvalue weighted by molar-refractivity contribution is 5.90. The summed E-state index contributed by atoms with van der Waals surface area (Å²) in [5.74, 6) is 0.431. The Labute approximate surface area is 118 Å². The summed E-state index contributed by atoms with van der Waals surface area (Å²) in [6, 6.07) is 12.0. The second-order valence-corrected chi connectivity index (χ2v) is 5.29. The topological polar surface area (TPSA) is 56.7 Å². The third-order valence-corrected chi connectivity index (χ3v) is 3.45. The van der Waals surface area contributed by atoms with Crippen LogP contribution in [0.15, 0.2) is 42.6 Å². The summed E-state index contributed by atoms with van der Waals surface area (Å²) in [4.78, 5) is 4.68. The molecule has 3 aromatic rings. The lowest BCUT2D eigenvalue weighted by atomic mass is 10.1. The highest BCUT2D eigenvalue weighted by Crippen LogP contribution is 2.21. The Kier molecular flexibility index (Phi) is 3.14. The van der Waals surface area contributed by atoms with Crippen LogP contribution >= 0.6 is 0 Å². The van der Waals surface area contributed by atoms with E-state index < -0.39 is 0 Å². The lowest BCUT2D eigenvalue weighted by Crippen LogP contribution is -2.05. The fourth-order valence-corrected chi connectivity index (χ4v) is 2.31. The van der Waals surface area contributed by atoms with Crippen LogP contribution in [0.2, 0.25) is 0 Å². The maximum absolute atomic E-state index is 5.96. The number of benzene rings is 1. The fourth-order valence-electron chi connectivity index (χ4n) is 2.31. The van der Waals surface area contributed by atoms with E-state index in [1.807, 2.05) is 35.1 Å². The van der Waals surface area contributed by atoms with Crippen molar-refractivity contribution in [2.45, 2.75) is 26.3 Å². The first-order valence-corrected chi connectivity index (χ1v) is 6.81. The Hall–Kier alpha value is -2.36. The number of hydrogen-bond donors (Lipinski definition) is 1. The van der Waals surface area contributed by atoms with Gasteiger partial charge in [-0.1, -0.05) is 26.0 Å². The normalized spacial score (nSPS) is 11.3. The van der Waals surface area contributed by atoms with Crippen LogP contribution in [0.5, 0.6) is 0 Å². The van der Waals surface area contributed by atoms with Crippen molar-refractivity contribution in [1.29, 1.82) is 0 Å². The molecule has 0 aliphatic carbocycles. The number of fused-ring (bicyclic) bond motifs is 1. The number of pyridine rings is 1. The molecule has 20 heavy (non-hydrogen) atoms. The minimum absolute atomic E-state index is 0.431. The molecule has 0 aliphatic heterocycles. The van der Waals surface area contributed by atoms with Crippen LogP contribution in [0, 0.1) is 0 Å². The van der Waals surface area contributed by atoms with Gasteiger partial charge >= 0.3 is 0 Å². The average Bonchev–Trinajstić information content (AvgIpc) is 2.84. The number of aromatic nitrogens is 3. The lowest BCUT2D eigenvalue weighted by molar-refractivity contribution is 0.686. The molecule has 4 heteroatoms. The summed E-state index contributed by atoms with van der Waals surface area (Å²) in [7, 11) is 0. The van der Waals surface area contributed by atoms with Crippen molar-refractivity contribution in [2.75, 3.05) is 5.73 Å². The van der Waals surface area contributed by atoms with E-state index in [9.17, 15) is 0 Å². The predicted molar refractivity (Wildman–Crippen MR) is 81.6 cm³/mol. The van der Waals surface area contributed by atoms with E-state index >= 15 is 0 Å². The van der Waals surface area contributed by atoms with E-state index in [1.165, 1.54) is 0 Å². The molecule has 0 fully saturated rings. The van der Waals surface area contributed by atoms with Crippen LogP contribution in [0.25, 0.3) is 10.9 Å². The molecule has 0 bridgehead atoms. The highest BCUT2D eigenvalue weighted by Gasteiger charge is 2.07. The molecule has 0 radical (unpaired) electrons. The van der Waals surface area contributed by atoms with Crippen molar-refractivity contribution >= 4 is 16.6 Å². The summed E-state index contributed by atoms with van der Waals surface area (Å²) in [5, 5.41) is 5.42. The second-order valence-electron chi connectivity index (χ2n) is 5.29.